The lowest BCUT2D eigenvalue weighted by Crippen LogP contribution is -2.26. The van der Waals surface area contributed by atoms with Crippen molar-refractivity contribution in [2.45, 2.75) is 64.0 Å². The Labute approximate surface area is 223 Å². The largest absolute Gasteiger partial charge is 0.479 e. The lowest BCUT2D eigenvalue weighted by Gasteiger charge is -2.22. The van der Waals surface area contributed by atoms with Crippen LogP contribution in [0, 0.1) is 0 Å². The quantitative estimate of drug-likeness (QED) is 0.289. The Morgan fingerprint density at radius 3 is 2.34 bits per heavy atom. The van der Waals surface area contributed by atoms with E-state index in [1.54, 1.807) is 0 Å². The highest BCUT2D eigenvalue weighted by Crippen LogP contribution is 2.42. The number of rotatable bonds is 10. The van der Waals surface area contributed by atoms with Gasteiger partial charge in [0.05, 0.1) is 5.92 Å². The number of aromatic nitrogens is 1. The van der Waals surface area contributed by atoms with Gasteiger partial charge in [0.1, 0.15) is 5.75 Å². The maximum Gasteiger partial charge on any atom is 0.344 e. The number of nitrogens with zero attached hydrogens (tertiary/aromatic N) is 1. The molecule has 4 aromatic rings. The molecule has 0 spiro atoms. The van der Waals surface area contributed by atoms with Crippen LogP contribution in [0.1, 0.15) is 60.1 Å². The minimum absolute atomic E-state index is 0.322. The molecule has 1 aliphatic carbocycles. The molecule has 1 aliphatic rings. The molecular formula is C32H34N2O4. The number of ether oxygens (including phenoxy) is 1. The molecule has 0 saturated heterocycles. The molecule has 1 aromatic heterocycles. The zero-order valence-electron chi connectivity index (χ0n) is 21.7. The number of hydrogen-bond acceptors (Lipinski definition) is 3. The molecule has 0 bridgehead atoms. The highest BCUT2D eigenvalue weighted by molar-refractivity contribution is 5.95. The Morgan fingerprint density at radius 1 is 1.03 bits per heavy atom. The number of carbonyl (C=O) groups is 2. The smallest absolute Gasteiger partial charge is 0.344 e. The van der Waals surface area contributed by atoms with E-state index in [-0.39, 0.29) is 11.8 Å². The van der Waals surface area contributed by atoms with E-state index in [0.29, 0.717) is 31.6 Å². The van der Waals surface area contributed by atoms with Crippen LogP contribution in [0.2, 0.25) is 0 Å². The fraction of sp³-hybridized carbons (Fsp3) is 0.312. The molecule has 1 amide bonds. The summed E-state index contributed by atoms with van der Waals surface area (Å²) in [6.07, 6.45) is 3.38. The number of aliphatic carboxylic acids is 1. The third kappa shape index (κ3) is 5.17. The van der Waals surface area contributed by atoms with Crippen LogP contribution in [0.3, 0.4) is 0 Å². The van der Waals surface area contributed by atoms with E-state index in [4.69, 9.17) is 10.5 Å². The molecule has 1 heterocycles. The predicted molar refractivity (Wildman–Crippen MR) is 149 cm³/mol. The number of benzene rings is 3. The number of carboxylic acids is 1. The van der Waals surface area contributed by atoms with Gasteiger partial charge in [0, 0.05) is 23.1 Å². The van der Waals surface area contributed by atoms with Gasteiger partial charge in [-0.15, -0.1) is 0 Å². The van der Waals surface area contributed by atoms with Crippen LogP contribution in [0.25, 0.3) is 10.9 Å². The van der Waals surface area contributed by atoms with Crippen molar-refractivity contribution >= 4 is 22.8 Å². The van der Waals surface area contributed by atoms with Crippen LogP contribution in [0.15, 0.2) is 72.8 Å². The maximum atomic E-state index is 12.6. The van der Waals surface area contributed by atoms with Crippen LogP contribution >= 0.6 is 0 Å². The summed E-state index contributed by atoms with van der Waals surface area (Å²) in [5.74, 6) is -1.11. The molecule has 2 unspecified atom stereocenters. The summed E-state index contributed by atoms with van der Waals surface area (Å²) in [6, 6.07) is 24.6. The fourth-order valence-electron chi connectivity index (χ4n) is 5.69. The fourth-order valence-corrected chi connectivity index (χ4v) is 5.69. The maximum absolute atomic E-state index is 12.6. The SMILES string of the molecule is CCC(Oc1cc2c3c(n(Cc4ccccc4)c2cc1CCc1ccccc1)CCCC3C(N)=O)C(=O)O. The molecule has 3 aromatic carbocycles. The van der Waals surface area contributed by atoms with Crippen molar-refractivity contribution in [1.29, 1.82) is 0 Å². The number of amides is 1. The highest BCUT2D eigenvalue weighted by Gasteiger charge is 2.32. The molecule has 6 heteroatoms. The van der Waals surface area contributed by atoms with Crippen molar-refractivity contribution in [3.63, 3.8) is 0 Å². The van der Waals surface area contributed by atoms with Crippen molar-refractivity contribution in [2.75, 3.05) is 0 Å². The molecule has 3 N–H and O–H groups in total. The molecule has 38 heavy (non-hydrogen) atoms. The summed E-state index contributed by atoms with van der Waals surface area (Å²) in [7, 11) is 0. The van der Waals surface area contributed by atoms with E-state index in [2.05, 4.69) is 34.9 Å². The molecule has 196 valence electrons. The van der Waals surface area contributed by atoms with Gasteiger partial charge in [0.15, 0.2) is 6.10 Å². The van der Waals surface area contributed by atoms with Crippen molar-refractivity contribution in [3.05, 3.63) is 101 Å². The van der Waals surface area contributed by atoms with Crippen LogP contribution < -0.4 is 10.5 Å². The monoisotopic (exact) mass is 510 g/mol. The molecule has 0 fully saturated rings. The van der Waals surface area contributed by atoms with Crippen molar-refractivity contribution in [2.24, 2.45) is 5.73 Å². The van der Waals surface area contributed by atoms with Gasteiger partial charge in [-0.25, -0.2) is 4.79 Å². The Morgan fingerprint density at radius 2 is 1.71 bits per heavy atom. The summed E-state index contributed by atoms with van der Waals surface area (Å²) in [5.41, 5.74) is 12.4. The lowest BCUT2D eigenvalue weighted by atomic mass is 9.84. The first-order valence-electron chi connectivity index (χ1n) is 13.4. The molecular weight excluding hydrogens is 476 g/mol. The molecule has 0 saturated carbocycles. The molecule has 2 atom stereocenters. The van der Waals surface area contributed by atoms with Gasteiger partial charge in [-0.1, -0.05) is 67.6 Å². The minimum Gasteiger partial charge on any atom is -0.479 e. The number of carbonyl (C=O) groups excluding carboxylic acids is 1. The molecule has 5 rings (SSSR count). The second-order valence-corrected chi connectivity index (χ2v) is 10.1. The van der Waals surface area contributed by atoms with Gasteiger partial charge in [0.2, 0.25) is 5.91 Å². The summed E-state index contributed by atoms with van der Waals surface area (Å²) < 4.78 is 8.46. The minimum atomic E-state index is -0.986. The van der Waals surface area contributed by atoms with Crippen molar-refractivity contribution in [3.8, 4) is 5.75 Å². The van der Waals surface area contributed by atoms with Crippen LogP contribution in [-0.2, 0) is 35.4 Å². The van der Waals surface area contributed by atoms with Crippen LogP contribution in [-0.4, -0.2) is 27.7 Å². The predicted octanol–water partition coefficient (Wildman–Crippen LogP) is 5.62. The Balaban J connectivity index is 1.68. The standard InChI is InChI=1S/C32H34N2O4/c1-2-28(32(36)37)38-29-19-25-27(18-23(29)17-16-21-10-5-3-6-11-21)34(20-22-12-7-4-8-13-22)26-15-9-14-24(30(25)26)31(33)35/h3-8,10-13,18-19,24,28H,2,9,14-17,20H2,1H3,(H2,33,35)(H,36,37). The van der Waals surface area contributed by atoms with E-state index in [9.17, 15) is 14.7 Å². The summed E-state index contributed by atoms with van der Waals surface area (Å²) >= 11 is 0. The van der Waals surface area contributed by atoms with E-state index in [0.717, 1.165) is 47.0 Å². The van der Waals surface area contributed by atoms with E-state index in [1.807, 2.05) is 49.4 Å². The first kappa shape index (κ1) is 25.6. The number of carboxylic acid groups (broad SMARTS) is 1. The van der Waals surface area contributed by atoms with Gasteiger partial charge in [-0.05, 0) is 72.9 Å². The topological polar surface area (TPSA) is 94.5 Å². The third-order valence-electron chi connectivity index (χ3n) is 7.62. The van der Waals surface area contributed by atoms with Gasteiger partial charge < -0.3 is 20.1 Å². The summed E-state index contributed by atoms with van der Waals surface area (Å²) in [4.78, 5) is 24.4. The van der Waals surface area contributed by atoms with Crippen molar-refractivity contribution in [1.82, 2.24) is 4.57 Å². The number of aryl methyl sites for hydroxylation is 2. The number of hydrogen-bond donors (Lipinski definition) is 2. The zero-order valence-corrected chi connectivity index (χ0v) is 21.7. The van der Waals surface area contributed by atoms with E-state index in [1.165, 1.54) is 11.1 Å². The van der Waals surface area contributed by atoms with Crippen LogP contribution in [0.5, 0.6) is 5.75 Å². The van der Waals surface area contributed by atoms with Gasteiger partial charge in [-0.2, -0.15) is 0 Å². The second kappa shape index (κ2) is 11.1. The Kier molecular flexibility index (Phi) is 7.50. The molecule has 0 radical (unpaired) electrons. The highest BCUT2D eigenvalue weighted by atomic mass is 16.5. The Hall–Kier alpha value is -4.06. The Bertz CT molecular complexity index is 1440. The third-order valence-corrected chi connectivity index (χ3v) is 7.62. The lowest BCUT2D eigenvalue weighted by molar-refractivity contribution is -0.145. The summed E-state index contributed by atoms with van der Waals surface area (Å²) in [5, 5.41) is 10.7. The van der Waals surface area contributed by atoms with E-state index >= 15 is 0 Å². The van der Waals surface area contributed by atoms with Gasteiger partial charge in [0.25, 0.3) is 0 Å². The van der Waals surface area contributed by atoms with E-state index < -0.39 is 12.1 Å². The number of fused-ring (bicyclic) bond motifs is 3. The molecule has 0 aliphatic heterocycles. The average molecular weight is 511 g/mol. The van der Waals surface area contributed by atoms with Gasteiger partial charge in [-0.3, -0.25) is 4.79 Å². The normalized spacial score (nSPS) is 15.7. The van der Waals surface area contributed by atoms with Crippen LogP contribution in [0.4, 0.5) is 0 Å². The molecule has 6 nitrogen and oxygen atoms in total. The first-order chi connectivity index (χ1) is 18.5. The second-order valence-electron chi connectivity index (χ2n) is 10.1. The zero-order chi connectivity index (χ0) is 26.6. The number of primary amides is 1. The number of nitrogens with two attached hydrogens (primary N) is 1. The summed E-state index contributed by atoms with van der Waals surface area (Å²) in [6.45, 7) is 2.49. The first-order valence-corrected chi connectivity index (χ1v) is 13.4. The average Bonchev–Trinajstić information content (AvgIpc) is 3.23. The van der Waals surface area contributed by atoms with Crippen molar-refractivity contribution < 1.29 is 19.4 Å². The van der Waals surface area contributed by atoms with Gasteiger partial charge >= 0.3 is 5.97 Å².